The Labute approximate surface area is 240 Å². The number of rotatable bonds is 3. The highest BCUT2D eigenvalue weighted by molar-refractivity contribution is 6.19. The summed E-state index contributed by atoms with van der Waals surface area (Å²) in [5.74, 6) is 0.671. The van der Waals surface area contributed by atoms with Crippen molar-refractivity contribution >= 4 is 49.0 Å². The summed E-state index contributed by atoms with van der Waals surface area (Å²) in [6, 6.07) is 47.9. The molecule has 6 aromatic carbocycles. The Morgan fingerprint density at radius 2 is 1.19 bits per heavy atom. The van der Waals surface area contributed by atoms with E-state index in [1.165, 1.54) is 16.3 Å². The zero-order chi connectivity index (χ0) is 27.8. The fourth-order valence-electron chi connectivity index (χ4n) is 6.66. The largest absolute Gasteiger partial charge is 0.309 e. The van der Waals surface area contributed by atoms with E-state index in [0.717, 1.165) is 49.7 Å². The molecule has 0 aliphatic heterocycles. The summed E-state index contributed by atoms with van der Waals surface area (Å²) in [4.78, 5) is 19.0. The molecule has 42 heavy (non-hydrogen) atoms. The van der Waals surface area contributed by atoms with Crippen LogP contribution in [-0.4, -0.2) is 14.0 Å². The second-order valence-electron chi connectivity index (χ2n) is 10.8. The molecule has 0 saturated carbocycles. The van der Waals surface area contributed by atoms with Gasteiger partial charge < -0.3 is 4.57 Å². The average Bonchev–Trinajstić information content (AvgIpc) is 3.61. The van der Waals surface area contributed by atoms with Crippen LogP contribution < -0.4 is 5.56 Å². The molecule has 196 valence electrons. The summed E-state index contributed by atoms with van der Waals surface area (Å²) in [5.41, 5.74) is 8.22. The molecule has 9 rings (SSSR count). The molecule has 0 amide bonds. The SMILES string of the molecule is O=c1c2ccccc2c2c(-c3ccc4c(c3)c3ccccc3n4-c3ccccc3)ccc3nc(-c4ccccc4)n1c32. The lowest BCUT2D eigenvalue weighted by atomic mass is 9.95. The minimum absolute atomic E-state index is 0.0435. The molecule has 9 aromatic rings. The maximum absolute atomic E-state index is 14.0. The Morgan fingerprint density at radius 3 is 2.00 bits per heavy atom. The first-order valence-corrected chi connectivity index (χ1v) is 14.1. The van der Waals surface area contributed by atoms with Crippen molar-refractivity contribution in [1.82, 2.24) is 14.0 Å². The van der Waals surface area contributed by atoms with Crippen LogP contribution in [0.25, 0.3) is 77.2 Å². The van der Waals surface area contributed by atoms with Crippen LogP contribution in [0.2, 0.25) is 0 Å². The van der Waals surface area contributed by atoms with Crippen molar-refractivity contribution < 1.29 is 0 Å². The molecule has 0 bridgehead atoms. The molecule has 0 saturated heterocycles. The highest BCUT2D eigenvalue weighted by atomic mass is 16.1. The summed E-state index contributed by atoms with van der Waals surface area (Å²) < 4.78 is 4.14. The molecule has 0 atom stereocenters. The zero-order valence-electron chi connectivity index (χ0n) is 22.5. The standard InChI is InChI=1S/C38H23N3O/c42-38-30-17-8-7-16-29(30)35-27(20-21-32-36(35)41(38)37(39-32)24-11-3-1-4-12-24)25-19-22-34-31(23-25)28-15-9-10-18-33(28)40(34)26-13-5-2-6-14-26/h1-23H. The molecule has 4 heteroatoms. The van der Waals surface area contributed by atoms with E-state index in [1.54, 1.807) is 0 Å². The van der Waals surface area contributed by atoms with E-state index in [4.69, 9.17) is 4.98 Å². The minimum atomic E-state index is -0.0435. The van der Waals surface area contributed by atoms with E-state index in [0.29, 0.717) is 11.2 Å². The van der Waals surface area contributed by atoms with Crippen LogP contribution in [0.3, 0.4) is 0 Å². The third-order valence-corrected chi connectivity index (χ3v) is 8.48. The number of nitrogens with zero attached hydrogens (tertiary/aromatic N) is 3. The van der Waals surface area contributed by atoms with Crippen LogP contribution in [-0.2, 0) is 0 Å². The lowest BCUT2D eigenvalue weighted by Crippen LogP contribution is -2.14. The summed E-state index contributed by atoms with van der Waals surface area (Å²) in [7, 11) is 0. The number of imidazole rings is 1. The van der Waals surface area contributed by atoms with Crippen LogP contribution >= 0.6 is 0 Å². The number of hydrogen-bond acceptors (Lipinski definition) is 2. The molecule has 0 fully saturated rings. The monoisotopic (exact) mass is 537 g/mol. The average molecular weight is 538 g/mol. The third-order valence-electron chi connectivity index (χ3n) is 8.48. The van der Waals surface area contributed by atoms with Gasteiger partial charge in [-0.05, 0) is 59.0 Å². The Hall–Kier alpha value is -5.74. The summed E-state index contributed by atoms with van der Waals surface area (Å²) in [6.45, 7) is 0. The van der Waals surface area contributed by atoms with Crippen molar-refractivity contribution in [2.45, 2.75) is 0 Å². The quantitative estimate of drug-likeness (QED) is 0.211. The van der Waals surface area contributed by atoms with Crippen molar-refractivity contribution in [3.05, 3.63) is 150 Å². The van der Waals surface area contributed by atoms with Crippen LogP contribution in [0.4, 0.5) is 0 Å². The van der Waals surface area contributed by atoms with Crippen molar-refractivity contribution in [2.75, 3.05) is 0 Å². The molecule has 3 heterocycles. The number of fused-ring (bicyclic) bond motifs is 5. The Morgan fingerprint density at radius 1 is 0.524 bits per heavy atom. The number of hydrogen-bond donors (Lipinski definition) is 0. The highest BCUT2D eigenvalue weighted by Gasteiger charge is 2.21. The van der Waals surface area contributed by atoms with E-state index >= 15 is 0 Å². The van der Waals surface area contributed by atoms with Crippen molar-refractivity contribution in [1.29, 1.82) is 0 Å². The molecule has 0 radical (unpaired) electrons. The third kappa shape index (κ3) is 3.12. The number of benzene rings is 6. The predicted octanol–water partition coefficient (Wildman–Crippen LogP) is 8.87. The Bertz CT molecular complexity index is 2530. The minimum Gasteiger partial charge on any atom is -0.309 e. The zero-order valence-corrected chi connectivity index (χ0v) is 22.5. The normalized spacial score (nSPS) is 11.9. The van der Waals surface area contributed by atoms with Gasteiger partial charge in [-0.1, -0.05) is 97.1 Å². The van der Waals surface area contributed by atoms with Gasteiger partial charge in [0.05, 0.1) is 22.1 Å². The van der Waals surface area contributed by atoms with Gasteiger partial charge in [0.1, 0.15) is 5.82 Å². The first kappa shape index (κ1) is 23.0. The highest BCUT2D eigenvalue weighted by Crippen LogP contribution is 2.40. The Balaban J connectivity index is 1.39. The topological polar surface area (TPSA) is 39.3 Å². The first-order chi connectivity index (χ1) is 20.8. The van der Waals surface area contributed by atoms with Gasteiger partial charge in [-0.15, -0.1) is 0 Å². The smallest absolute Gasteiger partial charge is 0.264 e. The van der Waals surface area contributed by atoms with Gasteiger partial charge in [-0.3, -0.25) is 9.20 Å². The summed E-state index contributed by atoms with van der Waals surface area (Å²) >= 11 is 0. The van der Waals surface area contributed by atoms with Gasteiger partial charge in [0.2, 0.25) is 0 Å². The van der Waals surface area contributed by atoms with Gasteiger partial charge in [-0.25, -0.2) is 4.98 Å². The van der Waals surface area contributed by atoms with Crippen molar-refractivity contribution in [3.63, 3.8) is 0 Å². The summed E-state index contributed by atoms with van der Waals surface area (Å²) in [5, 5.41) is 5.08. The second kappa shape index (κ2) is 8.63. The lowest BCUT2D eigenvalue weighted by molar-refractivity contribution is 1.13. The molecule has 4 nitrogen and oxygen atoms in total. The Kier molecular flexibility index (Phi) is 4.73. The fraction of sp³-hybridized carbons (Fsp3) is 0. The molecule has 0 spiro atoms. The van der Waals surface area contributed by atoms with E-state index in [9.17, 15) is 4.79 Å². The van der Waals surface area contributed by atoms with Gasteiger partial charge >= 0.3 is 0 Å². The molecule has 0 aliphatic carbocycles. The van der Waals surface area contributed by atoms with E-state index in [-0.39, 0.29) is 5.56 Å². The molecule has 0 N–H and O–H groups in total. The lowest BCUT2D eigenvalue weighted by Gasteiger charge is -2.12. The van der Waals surface area contributed by atoms with Gasteiger partial charge in [-0.2, -0.15) is 0 Å². The van der Waals surface area contributed by atoms with Crippen LogP contribution in [0.15, 0.2) is 144 Å². The second-order valence-corrected chi connectivity index (χ2v) is 10.8. The van der Waals surface area contributed by atoms with Gasteiger partial charge in [0, 0.05) is 32.8 Å². The first-order valence-electron chi connectivity index (χ1n) is 14.1. The number of para-hydroxylation sites is 2. The molecule has 0 unspecified atom stereocenters. The maximum Gasteiger partial charge on any atom is 0.264 e. The van der Waals surface area contributed by atoms with Crippen LogP contribution in [0.1, 0.15) is 0 Å². The predicted molar refractivity (Wildman–Crippen MR) is 173 cm³/mol. The van der Waals surface area contributed by atoms with Crippen molar-refractivity contribution in [2.24, 2.45) is 0 Å². The van der Waals surface area contributed by atoms with E-state index < -0.39 is 0 Å². The molecular formula is C38H23N3O. The molecule has 3 aromatic heterocycles. The van der Waals surface area contributed by atoms with Crippen molar-refractivity contribution in [3.8, 4) is 28.2 Å². The number of aromatic nitrogens is 3. The number of pyridine rings is 1. The summed E-state index contributed by atoms with van der Waals surface area (Å²) in [6.07, 6.45) is 0. The fourth-order valence-corrected chi connectivity index (χ4v) is 6.66. The molecular weight excluding hydrogens is 514 g/mol. The maximum atomic E-state index is 14.0. The van der Waals surface area contributed by atoms with Crippen LogP contribution in [0.5, 0.6) is 0 Å². The van der Waals surface area contributed by atoms with E-state index in [2.05, 4.69) is 89.5 Å². The molecule has 0 aliphatic rings. The van der Waals surface area contributed by atoms with Crippen LogP contribution in [0, 0.1) is 0 Å². The van der Waals surface area contributed by atoms with Gasteiger partial charge in [0.25, 0.3) is 5.56 Å². The van der Waals surface area contributed by atoms with Gasteiger partial charge in [0.15, 0.2) is 0 Å². The van der Waals surface area contributed by atoms with E-state index in [1.807, 2.05) is 59.0 Å².